The fraction of sp³-hybridized carbons (Fsp3) is 0.500. The molecule has 21 heteroatoms. The van der Waals surface area contributed by atoms with Crippen LogP contribution in [0.3, 0.4) is 0 Å². The van der Waals surface area contributed by atoms with Crippen molar-refractivity contribution in [3.05, 3.63) is 120 Å². The van der Waals surface area contributed by atoms with E-state index in [9.17, 15) is 19.2 Å². The molecule has 4 saturated heterocycles. The van der Waals surface area contributed by atoms with Crippen LogP contribution in [0, 0.1) is 0 Å². The number of hydrogen-bond donors (Lipinski definition) is 5. The van der Waals surface area contributed by atoms with Crippen molar-refractivity contribution < 1.29 is 28.7 Å². The number of nitrogens with zero attached hydrogens (tertiary/aromatic N) is 9. The highest BCUT2D eigenvalue weighted by molar-refractivity contribution is 6.66. The van der Waals surface area contributed by atoms with Gasteiger partial charge in [-0.25, -0.2) is 0 Å². The maximum atomic E-state index is 13.2. The molecule has 5 N–H and O–H groups in total. The highest BCUT2D eigenvalue weighted by Gasteiger charge is 2.31. The summed E-state index contributed by atoms with van der Waals surface area (Å²) >= 11 is 4.71. The number of rotatable bonds is 20. The van der Waals surface area contributed by atoms with Gasteiger partial charge in [0.1, 0.15) is 0 Å². The number of amides is 1. The van der Waals surface area contributed by atoms with E-state index in [1.807, 2.05) is 48.8 Å². The van der Waals surface area contributed by atoms with Crippen molar-refractivity contribution in [1.82, 2.24) is 49.4 Å². The SMILES string of the molecule is C=CC(=O)Cl.C=CC(=O)N1CCCCC1C(=O)Cc1cccc(CNc2nc(N[C@H]3CCCOC3)nc3c(C(C)C)cnn23)c1.CC(C)c1cnn2c(NCc3cccc(CC(=O)C4CCCCN4)c3)nc(N[C@H]3CCCOC3)nc12. The number of Topliss-reactive ketones (excluding diaryl/α,β-unsaturated/α-hetero) is 2. The highest BCUT2D eigenvalue weighted by Crippen LogP contribution is 2.27. The van der Waals surface area contributed by atoms with Gasteiger partial charge in [0, 0.05) is 56.8 Å². The van der Waals surface area contributed by atoms with Crippen LogP contribution in [-0.2, 0) is 54.6 Å². The smallest absolute Gasteiger partial charge is 0.246 e. The molecule has 4 atom stereocenters. The number of hydrogen-bond acceptors (Lipinski definition) is 17. The van der Waals surface area contributed by atoms with Gasteiger partial charge in [0.2, 0.25) is 34.9 Å². The van der Waals surface area contributed by atoms with Gasteiger partial charge in [0.05, 0.1) is 49.8 Å². The van der Waals surface area contributed by atoms with E-state index >= 15 is 0 Å². The Labute approximate surface area is 479 Å². The number of likely N-dealkylation sites (tertiary alicyclic amines) is 1. The highest BCUT2D eigenvalue weighted by atomic mass is 35.5. The number of carbonyl (C=O) groups excluding carboxylic acids is 4. The first kappa shape index (κ1) is 60.0. The third kappa shape index (κ3) is 16.7. The monoisotopic (exact) mass is 1130 g/mol. The van der Waals surface area contributed by atoms with Gasteiger partial charge in [-0.1, -0.05) is 95.8 Å². The Hall–Kier alpha value is -7.13. The zero-order chi connectivity index (χ0) is 57.3. The van der Waals surface area contributed by atoms with Crippen LogP contribution in [0.25, 0.3) is 11.3 Å². The number of piperidine rings is 2. The number of anilines is 4. The third-order valence-corrected chi connectivity index (χ3v) is 15.0. The van der Waals surface area contributed by atoms with E-state index in [-0.39, 0.29) is 54.0 Å². The second-order valence-electron chi connectivity index (χ2n) is 21.7. The summed E-state index contributed by atoms with van der Waals surface area (Å²) in [7, 11) is 0. The minimum absolute atomic E-state index is 0.00899. The van der Waals surface area contributed by atoms with E-state index in [1.54, 1.807) is 13.9 Å². The van der Waals surface area contributed by atoms with E-state index in [2.05, 4.69) is 89.8 Å². The van der Waals surface area contributed by atoms with Crippen molar-refractivity contribution in [2.75, 3.05) is 60.8 Å². The summed E-state index contributed by atoms with van der Waals surface area (Å²) in [4.78, 5) is 68.5. The van der Waals surface area contributed by atoms with E-state index in [0.29, 0.717) is 75.4 Å². The van der Waals surface area contributed by atoms with Crippen LogP contribution < -0.4 is 26.6 Å². The number of fused-ring (bicyclic) bond motifs is 2. The number of nitrogens with one attached hydrogen (secondary N) is 5. The molecule has 6 aromatic rings. The third-order valence-electron chi connectivity index (χ3n) is 14.9. The number of halogens is 1. The number of ketones is 2. The van der Waals surface area contributed by atoms with Crippen molar-refractivity contribution in [3.8, 4) is 0 Å². The van der Waals surface area contributed by atoms with E-state index < -0.39 is 5.24 Å². The van der Waals surface area contributed by atoms with Crippen LogP contribution in [0.5, 0.6) is 0 Å². The summed E-state index contributed by atoms with van der Waals surface area (Å²) < 4.78 is 14.8. The predicted octanol–water partition coefficient (Wildman–Crippen LogP) is 8.77. The maximum absolute atomic E-state index is 13.2. The molecule has 4 fully saturated rings. The average Bonchev–Trinajstić information content (AvgIpc) is 4.37. The first-order chi connectivity index (χ1) is 39.3. The lowest BCUT2D eigenvalue weighted by Crippen LogP contribution is -2.47. The molecule has 10 rings (SSSR count). The second-order valence-corrected chi connectivity index (χ2v) is 22.1. The molecular weight excluding hydrogens is 1050 g/mol. The molecule has 0 bridgehead atoms. The molecule has 1 amide bonds. The molecule has 4 aromatic heterocycles. The normalized spacial score (nSPS) is 19.2. The molecule has 0 radical (unpaired) electrons. The van der Waals surface area contributed by atoms with Crippen LogP contribution in [0.15, 0.2) is 86.2 Å². The largest absolute Gasteiger partial charge is 0.379 e. The number of carbonyl (C=O) groups is 4. The molecule has 4 aliphatic heterocycles. The van der Waals surface area contributed by atoms with Crippen molar-refractivity contribution >= 4 is 69.4 Å². The zero-order valence-corrected chi connectivity index (χ0v) is 48.1. The average molecular weight is 1130 g/mol. The molecule has 8 heterocycles. The Kier molecular flexibility index (Phi) is 21.9. The first-order valence-corrected chi connectivity index (χ1v) is 29.0. The lowest BCUT2D eigenvalue weighted by atomic mass is 9.94. The fourth-order valence-electron chi connectivity index (χ4n) is 10.5. The van der Waals surface area contributed by atoms with E-state index in [4.69, 9.17) is 41.0 Å². The van der Waals surface area contributed by atoms with Gasteiger partial charge in [0.15, 0.2) is 22.9 Å². The van der Waals surface area contributed by atoms with E-state index in [0.717, 1.165) is 128 Å². The van der Waals surface area contributed by atoms with Crippen LogP contribution in [0.2, 0.25) is 0 Å². The molecule has 432 valence electrons. The molecule has 0 spiro atoms. The minimum Gasteiger partial charge on any atom is -0.379 e. The summed E-state index contributed by atoms with van der Waals surface area (Å²) in [5.74, 6) is 3.11. The maximum Gasteiger partial charge on any atom is 0.246 e. The quantitative estimate of drug-likeness (QED) is 0.0355. The summed E-state index contributed by atoms with van der Waals surface area (Å²) in [6, 6.07) is 16.2. The Morgan fingerprint density at radius 3 is 1.63 bits per heavy atom. The first-order valence-electron chi connectivity index (χ1n) is 28.6. The van der Waals surface area contributed by atoms with Gasteiger partial charge < -0.3 is 41.0 Å². The predicted molar refractivity (Wildman–Crippen MR) is 316 cm³/mol. The number of benzene rings is 2. The second kappa shape index (κ2) is 29.5. The van der Waals surface area contributed by atoms with Crippen molar-refractivity contribution in [2.45, 2.75) is 154 Å². The van der Waals surface area contributed by atoms with Gasteiger partial charge in [-0.2, -0.15) is 39.2 Å². The van der Waals surface area contributed by atoms with Gasteiger partial charge in [0.25, 0.3) is 0 Å². The number of ether oxygens (including phenoxy) is 2. The Balaban J connectivity index is 0.000000197. The van der Waals surface area contributed by atoms with Crippen molar-refractivity contribution in [2.24, 2.45) is 0 Å². The van der Waals surface area contributed by atoms with Crippen LogP contribution in [0.4, 0.5) is 23.8 Å². The van der Waals surface area contributed by atoms with Gasteiger partial charge in [-0.15, -0.1) is 0 Å². The van der Waals surface area contributed by atoms with Crippen molar-refractivity contribution in [3.63, 3.8) is 0 Å². The Morgan fingerprint density at radius 1 is 0.667 bits per heavy atom. The molecular formula is C60H79ClN14O6. The minimum atomic E-state index is -0.509. The molecule has 20 nitrogen and oxygen atoms in total. The topological polar surface area (TPSA) is 236 Å². The Morgan fingerprint density at radius 2 is 1.17 bits per heavy atom. The molecule has 2 aromatic carbocycles. The van der Waals surface area contributed by atoms with Crippen LogP contribution in [0.1, 0.15) is 137 Å². The lowest BCUT2D eigenvalue weighted by molar-refractivity contribution is -0.137. The zero-order valence-electron chi connectivity index (χ0n) is 47.3. The van der Waals surface area contributed by atoms with E-state index in [1.165, 1.54) is 6.08 Å². The molecule has 2 unspecified atom stereocenters. The summed E-state index contributed by atoms with van der Waals surface area (Å²) in [6.45, 7) is 20.7. The molecule has 0 saturated carbocycles. The number of allylic oxidation sites excluding steroid dienone is 1. The molecule has 0 aliphatic carbocycles. The molecule has 4 aliphatic rings. The van der Waals surface area contributed by atoms with Crippen molar-refractivity contribution in [1.29, 1.82) is 0 Å². The fourth-order valence-corrected chi connectivity index (χ4v) is 10.5. The summed E-state index contributed by atoms with van der Waals surface area (Å²) in [5.41, 5.74) is 7.80. The standard InChI is InChI=1S/C30H39N7O3.C27H37N7O2.C3H3ClO/c1-4-27(39)36-13-6-5-12-25(36)26(38)16-21-9-7-10-22(15-21)17-31-30-35-29(33-23-11-8-14-40-19-23)34-28-24(20(2)3)18-32-37(28)30;1-18(2)22-16-30-34-25(22)32-26(31-21-9-6-12-36-17-21)33-27(34)29-15-20-8-5-7-19(13-20)14-24(35)23-10-3-4-11-28-23;1-2-3(4)5/h4,7,9-10,15,18,20,23,25H,1,5-6,8,11-14,16-17,19H2,2-3H3,(H2,31,33,34,35);5,7-8,13,16,18,21,23,28H,3-4,6,9-12,14-15,17H2,1-2H3,(H2,29,31,32,33);2H,1H2/t23-,25?;21-,23?;/m00./s1. The van der Waals surface area contributed by atoms with Gasteiger partial charge in [-0.3, -0.25) is 19.2 Å². The Bertz CT molecular complexity index is 3110. The summed E-state index contributed by atoms with van der Waals surface area (Å²) in [5, 5.41) is 25.8. The number of aromatic nitrogens is 8. The van der Waals surface area contributed by atoms with Gasteiger partial charge in [-0.05, 0) is 122 Å². The summed E-state index contributed by atoms with van der Waals surface area (Å²) in [6.07, 6.45) is 16.7. The molecule has 81 heavy (non-hydrogen) atoms. The van der Waals surface area contributed by atoms with Gasteiger partial charge >= 0.3 is 0 Å². The van der Waals surface area contributed by atoms with Crippen LogP contribution in [-0.4, -0.2) is 130 Å². The lowest BCUT2D eigenvalue weighted by Gasteiger charge is -2.34. The van der Waals surface area contributed by atoms with Crippen LogP contribution >= 0.6 is 11.6 Å².